The summed E-state index contributed by atoms with van der Waals surface area (Å²) < 4.78 is 10.9. The summed E-state index contributed by atoms with van der Waals surface area (Å²) in [6, 6.07) is 12.9. The molecule has 126 valence electrons. The number of aliphatic carboxylic acids is 1. The van der Waals surface area contributed by atoms with E-state index in [4.69, 9.17) is 9.47 Å². The molecular formula is C20H22O4. The van der Waals surface area contributed by atoms with E-state index >= 15 is 0 Å². The van der Waals surface area contributed by atoms with Gasteiger partial charge in [-0.1, -0.05) is 30.7 Å². The van der Waals surface area contributed by atoms with Crippen LogP contribution in [0.15, 0.2) is 42.5 Å². The molecule has 0 heterocycles. The molecule has 2 rings (SSSR count). The average molecular weight is 326 g/mol. The van der Waals surface area contributed by atoms with Crippen molar-refractivity contribution in [2.75, 3.05) is 13.7 Å². The maximum absolute atomic E-state index is 11.7. The third kappa shape index (κ3) is 4.38. The number of rotatable bonds is 7. The highest BCUT2D eigenvalue weighted by Gasteiger charge is 2.15. The molecule has 1 N–H and O–H groups in total. The number of hydrogen-bond acceptors (Lipinski definition) is 3. The van der Waals surface area contributed by atoms with Gasteiger partial charge in [0.1, 0.15) is 11.5 Å². The Morgan fingerprint density at radius 2 is 1.88 bits per heavy atom. The maximum Gasteiger partial charge on any atom is 0.336 e. The van der Waals surface area contributed by atoms with Crippen molar-refractivity contribution in [3.63, 3.8) is 0 Å². The molecule has 0 aromatic heterocycles. The molecule has 0 aliphatic heterocycles. The SMILES string of the molecule is CCCOc1ccc(/C=C(\C(=O)O)c2cc(C)ccc2OC)cc1. The molecule has 4 heteroatoms. The Hall–Kier alpha value is -2.75. The van der Waals surface area contributed by atoms with Gasteiger partial charge in [0.25, 0.3) is 0 Å². The molecule has 0 unspecified atom stereocenters. The fourth-order valence-corrected chi connectivity index (χ4v) is 2.33. The third-order valence-corrected chi connectivity index (χ3v) is 3.54. The van der Waals surface area contributed by atoms with Crippen LogP contribution in [0.4, 0.5) is 0 Å². The van der Waals surface area contributed by atoms with E-state index in [2.05, 4.69) is 0 Å². The smallest absolute Gasteiger partial charge is 0.336 e. The summed E-state index contributed by atoms with van der Waals surface area (Å²) in [6.07, 6.45) is 2.58. The van der Waals surface area contributed by atoms with E-state index < -0.39 is 5.97 Å². The largest absolute Gasteiger partial charge is 0.496 e. The zero-order valence-electron chi connectivity index (χ0n) is 14.2. The quantitative estimate of drug-likeness (QED) is 0.604. The molecule has 0 aliphatic rings. The third-order valence-electron chi connectivity index (χ3n) is 3.54. The van der Waals surface area contributed by atoms with Crippen molar-refractivity contribution >= 4 is 17.6 Å². The van der Waals surface area contributed by atoms with E-state index in [0.29, 0.717) is 17.9 Å². The van der Waals surface area contributed by atoms with Crippen molar-refractivity contribution in [1.29, 1.82) is 0 Å². The second kappa shape index (κ2) is 8.20. The summed E-state index contributed by atoms with van der Waals surface area (Å²) >= 11 is 0. The lowest BCUT2D eigenvalue weighted by molar-refractivity contribution is -0.130. The number of benzene rings is 2. The number of aryl methyl sites for hydroxylation is 1. The van der Waals surface area contributed by atoms with E-state index in [1.54, 1.807) is 12.1 Å². The topological polar surface area (TPSA) is 55.8 Å². The number of carboxylic acid groups (broad SMARTS) is 1. The minimum atomic E-state index is -0.995. The standard InChI is InChI=1S/C20H22O4/c1-4-11-24-16-8-6-15(7-9-16)13-18(20(21)22)17-12-14(2)5-10-19(17)23-3/h5-10,12-13H,4,11H2,1-3H3,(H,21,22)/b18-13-. The lowest BCUT2D eigenvalue weighted by Gasteiger charge is -2.11. The van der Waals surface area contributed by atoms with Crippen molar-refractivity contribution in [1.82, 2.24) is 0 Å². The normalized spacial score (nSPS) is 11.2. The fourth-order valence-electron chi connectivity index (χ4n) is 2.33. The van der Waals surface area contributed by atoms with Gasteiger partial charge in [0.05, 0.1) is 19.3 Å². The lowest BCUT2D eigenvalue weighted by Crippen LogP contribution is -2.02. The van der Waals surface area contributed by atoms with E-state index in [1.807, 2.05) is 50.2 Å². The average Bonchev–Trinajstić information content (AvgIpc) is 2.58. The van der Waals surface area contributed by atoms with Gasteiger partial charge in [-0.3, -0.25) is 0 Å². The lowest BCUT2D eigenvalue weighted by atomic mass is 10.00. The first-order chi connectivity index (χ1) is 11.5. The van der Waals surface area contributed by atoms with Crippen LogP contribution in [0, 0.1) is 6.92 Å². The number of methoxy groups -OCH3 is 1. The van der Waals surface area contributed by atoms with Gasteiger partial charge >= 0.3 is 5.97 Å². The monoisotopic (exact) mass is 326 g/mol. The Bertz CT molecular complexity index is 730. The minimum absolute atomic E-state index is 0.192. The van der Waals surface area contributed by atoms with Crippen molar-refractivity contribution < 1.29 is 19.4 Å². The molecule has 0 saturated carbocycles. The van der Waals surface area contributed by atoms with Crippen LogP contribution < -0.4 is 9.47 Å². The molecule has 0 bridgehead atoms. The van der Waals surface area contributed by atoms with Gasteiger partial charge in [0, 0.05) is 5.56 Å². The molecule has 4 nitrogen and oxygen atoms in total. The van der Waals surface area contributed by atoms with Gasteiger partial charge in [-0.25, -0.2) is 4.79 Å². The Kier molecular flexibility index (Phi) is 6.01. The highest BCUT2D eigenvalue weighted by Crippen LogP contribution is 2.29. The maximum atomic E-state index is 11.7. The highest BCUT2D eigenvalue weighted by atomic mass is 16.5. The van der Waals surface area contributed by atoms with Crippen LogP contribution in [0.1, 0.15) is 30.0 Å². The summed E-state index contributed by atoms with van der Waals surface area (Å²) in [5.74, 6) is 0.321. The first kappa shape index (κ1) is 17.6. The van der Waals surface area contributed by atoms with Crippen LogP contribution in [0.2, 0.25) is 0 Å². The molecule has 0 atom stereocenters. The predicted molar refractivity (Wildman–Crippen MR) is 95.5 cm³/mol. The van der Waals surface area contributed by atoms with Gasteiger partial charge < -0.3 is 14.6 Å². The Morgan fingerprint density at radius 3 is 2.46 bits per heavy atom. The predicted octanol–water partition coefficient (Wildman–Crippen LogP) is 4.42. The number of hydrogen-bond donors (Lipinski definition) is 1. The summed E-state index contributed by atoms with van der Waals surface area (Å²) in [6.45, 7) is 4.63. The van der Waals surface area contributed by atoms with E-state index in [1.165, 1.54) is 7.11 Å². The zero-order valence-corrected chi connectivity index (χ0v) is 14.2. The first-order valence-corrected chi connectivity index (χ1v) is 7.88. The number of carboxylic acids is 1. The molecule has 2 aromatic carbocycles. The Balaban J connectivity index is 2.39. The molecule has 0 aliphatic carbocycles. The van der Waals surface area contributed by atoms with Crippen molar-refractivity contribution in [3.05, 3.63) is 59.2 Å². The number of carbonyl (C=O) groups is 1. The molecule has 2 aromatic rings. The van der Waals surface area contributed by atoms with Crippen molar-refractivity contribution in [3.8, 4) is 11.5 Å². The van der Waals surface area contributed by atoms with Gasteiger partial charge in [0.15, 0.2) is 0 Å². The van der Waals surface area contributed by atoms with Gasteiger partial charge in [-0.15, -0.1) is 0 Å². The van der Waals surface area contributed by atoms with Gasteiger partial charge in [-0.2, -0.15) is 0 Å². The highest BCUT2D eigenvalue weighted by molar-refractivity contribution is 6.21. The van der Waals surface area contributed by atoms with Crippen molar-refractivity contribution in [2.24, 2.45) is 0 Å². The van der Waals surface area contributed by atoms with Crippen LogP contribution in [-0.2, 0) is 4.79 Å². The van der Waals surface area contributed by atoms with Crippen LogP contribution in [0.25, 0.3) is 11.6 Å². The fraction of sp³-hybridized carbons (Fsp3) is 0.250. The second-order valence-corrected chi connectivity index (χ2v) is 5.48. The van der Waals surface area contributed by atoms with Crippen LogP contribution >= 0.6 is 0 Å². The summed E-state index contributed by atoms with van der Waals surface area (Å²) in [4.78, 5) is 11.7. The van der Waals surface area contributed by atoms with Gasteiger partial charge in [-0.05, 0) is 49.2 Å². The van der Waals surface area contributed by atoms with Crippen LogP contribution in [0.5, 0.6) is 11.5 Å². The molecule has 0 amide bonds. The summed E-state index contributed by atoms with van der Waals surface area (Å²) in [7, 11) is 1.54. The van der Waals surface area contributed by atoms with Gasteiger partial charge in [0.2, 0.25) is 0 Å². The van der Waals surface area contributed by atoms with E-state index in [-0.39, 0.29) is 5.57 Å². The molecule has 0 fully saturated rings. The minimum Gasteiger partial charge on any atom is -0.496 e. The molecule has 0 saturated heterocycles. The number of ether oxygens (including phenoxy) is 2. The first-order valence-electron chi connectivity index (χ1n) is 7.88. The van der Waals surface area contributed by atoms with E-state index in [0.717, 1.165) is 23.3 Å². The Labute approximate surface area is 142 Å². The summed E-state index contributed by atoms with van der Waals surface area (Å²) in [5.41, 5.74) is 2.52. The van der Waals surface area contributed by atoms with Crippen LogP contribution in [0.3, 0.4) is 0 Å². The summed E-state index contributed by atoms with van der Waals surface area (Å²) in [5, 5.41) is 9.62. The molecule has 0 spiro atoms. The Morgan fingerprint density at radius 1 is 1.17 bits per heavy atom. The zero-order chi connectivity index (χ0) is 17.5. The molecule has 0 radical (unpaired) electrons. The van der Waals surface area contributed by atoms with Crippen LogP contribution in [-0.4, -0.2) is 24.8 Å². The molecule has 24 heavy (non-hydrogen) atoms. The van der Waals surface area contributed by atoms with Crippen molar-refractivity contribution in [2.45, 2.75) is 20.3 Å². The molecular weight excluding hydrogens is 304 g/mol. The van der Waals surface area contributed by atoms with E-state index in [9.17, 15) is 9.90 Å². The second-order valence-electron chi connectivity index (χ2n) is 5.48.